The number of hydrogen-bond acceptors (Lipinski definition) is 6. The molecular weight excluding hydrogens is 475 g/mol. The summed E-state index contributed by atoms with van der Waals surface area (Å²) in [4.78, 5) is 58.8. The number of carbonyl (C=O) groups excluding carboxylic acids is 4. The van der Waals surface area contributed by atoms with Crippen LogP contribution in [0.2, 0.25) is 0 Å². The minimum absolute atomic E-state index is 0.0141. The molecular formula is C28H53N2O5P. The maximum Gasteiger partial charge on any atom is 0.217 e. The third-order valence-corrected chi connectivity index (χ3v) is 8.02. The molecule has 8 heteroatoms. The molecule has 3 atom stereocenters. The third kappa shape index (κ3) is 19.0. The number of hydrogen-bond donors (Lipinski definition) is 3. The molecule has 0 aliphatic rings. The molecule has 0 aliphatic carbocycles. The number of nitrogens with one attached hydrogen (secondary N) is 2. The lowest BCUT2D eigenvalue weighted by Crippen LogP contribution is -2.37. The predicted molar refractivity (Wildman–Crippen MR) is 149 cm³/mol. The van der Waals surface area contributed by atoms with E-state index in [0.717, 1.165) is 19.3 Å². The molecule has 0 saturated heterocycles. The van der Waals surface area contributed by atoms with Crippen LogP contribution in [0.1, 0.15) is 130 Å². The molecule has 1 amide bonds. The van der Waals surface area contributed by atoms with Crippen molar-refractivity contribution in [3.8, 4) is 0 Å². The van der Waals surface area contributed by atoms with E-state index in [1.165, 1.54) is 71.1 Å². The summed E-state index contributed by atoms with van der Waals surface area (Å²) in [6.45, 7) is 6.07. The molecule has 3 N–H and O–H groups in total. The number of amides is 1. The summed E-state index contributed by atoms with van der Waals surface area (Å²) in [5.74, 6) is -0.0135. The van der Waals surface area contributed by atoms with Crippen molar-refractivity contribution >= 4 is 30.9 Å². The second-order valence-corrected chi connectivity index (χ2v) is 11.7. The number of unbranched alkanes of at least 4 members (excludes halogenated alkanes) is 10. The Kier molecular flexibility index (Phi) is 22.2. The molecule has 0 aliphatic heterocycles. The molecule has 0 radical (unpaired) electrons. The summed E-state index contributed by atoms with van der Waals surface area (Å²) in [6.07, 6.45) is 16.6. The minimum atomic E-state index is -2.42. The van der Waals surface area contributed by atoms with Gasteiger partial charge in [0.1, 0.15) is 5.78 Å². The van der Waals surface area contributed by atoms with Crippen LogP contribution in [-0.4, -0.2) is 47.3 Å². The van der Waals surface area contributed by atoms with Gasteiger partial charge in [0.2, 0.25) is 5.91 Å². The minimum Gasteiger partial charge on any atom is -0.360 e. The summed E-state index contributed by atoms with van der Waals surface area (Å²) < 4.78 is 0. The van der Waals surface area contributed by atoms with E-state index in [4.69, 9.17) is 0 Å². The smallest absolute Gasteiger partial charge is 0.217 e. The van der Waals surface area contributed by atoms with Crippen molar-refractivity contribution in [3.63, 3.8) is 0 Å². The van der Waals surface area contributed by atoms with Gasteiger partial charge >= 0.3 is 0 Å². The predicted octanol–water partition coefficient (Wildman–Crippen LogP) is 6.01. The Hall–Kier alpha value is -1.17. The van der Waals surface area contributed by atoms with Gasteiger partial charge in [0, 0.05) is 45.2 Å². The lowest BCUT2D eigenvalue weighted by atomic mass is 9.91. The van der Waals surface area contributed by atoms with E-state index >= 15 is 0 Å². The molecule has 210 valence electrons. The van der Waals surface area contributed by atoms with Crippen LogP contribution >= 0.6 is 8.15 Å². The van der Waals surface area contributed by atoms with E-state index in [2.05, 4.69) is 24.5 Å². The zero-order chi connectivity index (χ0) is 27.2. The standard InChI is InChI=1S/C28H53N2O5P/c1-5-7-8-9-10-11-12-13-14-15-16-17-24(6-2)20-26(32)21-25(30-23(3)31)22-28(34)36(35)27(33)18-19-29-4/h24-25,29,35H,5-22H2,1-4H3,(H,30,31). The molecule has 0 heterocycles. The Balaban J connectivity index is 4.35. The molecule has 0 aromatic heterocycles. The van der Waals surface area contributed by atoms with Gasteiger partial charge in [-0.05, 0) is 13.0 Å². The molecule has 7 nitrogen and oxygen atoms in total. The molecule has 0 fully saturated rings. The van der Waals surface area contributed by atoms with Gasteiger partial charge in [0.15, 0.2) is 19.2 Å². The van der Waals surface area contributed by atoms with Gasteiger partial charge in [-0.3, -0.25) is 19.2 Å². The van der Waals surface area contributed by atoms with Crippen LogP contribution < -0.4 is 10.6 Å². The van der Waals surface area contributed by atoms with E-state index in [-0.39, 0.29) is 31.0 Å². The zero-order valence-electron chi connectivity index (χ0n) is 23.4. The van der Waals surface area contributed by atoms with Crippen molar-refractivity contribution < 1.29 is 24.1 Å². The fourth-order valence-corrected chi connectivity index (χ4v) is 5.46. The zero-order valence-corrected chi connectivity index (χ0v) is 24.3. The highest BCUT2D eigenvalue weighted by molar-refractivity contribution is 7.84. The quantitative estimate of drug-likeness (QED) is 0.0988. The van der Waals surface area contributed by atoms with Crippen molar-refractivity contribution in [1.29, 1.82) is 0 Å². The first-order chi connectivity index (χ1) is 17.2. The number of Topliss-reactive ketones (excluding diaryl/α,β-unsaturated/α-hetero) is 1. The lowest BCUT2D eigenvalue weighted by molar-refractivity contribution is -0.122. The first kappa shape index (κ1) is 34.8. The first-order valence-corrected chi connectivity index (χ1v) is 15.5. The van der Waals surface area contributed by atoms with Crippen LogP contribution in [0, 0.1) is 5.92 Å². The van der Waals surface area contributed by atoms with Crippen molar-refractivity contribution in [1.82, 2.24) is 10.6 Å². The van der Waals surface area contributed by atoms with E-state index in [9.17, 15) is 24.1 Å². The normalized spacial score (nSPS) is 13.7. The van der Waals surface area contributed by atoms with E-state index in [1.807, 2.05) is 0 Å². The SMILES string of the molecule is CCCCCCCCCCCCCC(CC)CC(=O)CC(CC(=O)P(O)C(=O)CCNC)NC(C)=O. The van der Waals surface area contributed by atoms with E-state index in [0.29, 0.717) is 18.9 Å². The van der Waals surface area contributed by atoms with E-state index in [1.54, 1.807) is 7.05 Å². The number of carbonyl (C=O) groups is 4. The van der Waals surface area contributed by atoms with Crippen molar-refractivity contribution in [3.05, 3.63) is 0 Å². The number of rotatable bonds is 25. The fraction of sp³-hybridized carbons (Fsp3) is 0.857. The van der Waals surface area contributed by atoms with E-state index < -0.39 is 25.2 Å². The van der Waals surface area contributed by atoms with Crippen LogP contribution in [0.3, 0.4) is 0 Å². The summed E-state index contributed by atoms with van der Waals surface area (Å²) in [7, 11) is -0.729. The molecule has 0 rings (SSSR count). The summed E-state index contributed by atoms with van der Waals surface area (Å²) in [5.41, 5.74) is -1.08. The Labute approximate surface area is 221 Å². The van der Waals surface area contributed by atoms with Crippen molar-refractivity contribution in [2.24, 2.45) is 5.92 Å². The highest BCUT2D eigenvalue weighted by atomic mass is 31.1. The van der Waals surface area contributed by atoms with Crippen LogP contribution in [-0.2, 0) is 19.2 Å². The van der Waals surface area contributed by atoms with Gasteiger partial charge in [-0.2, -0.15) is 0 Å². The molecule has 3 unspecified atom stereocenters. The average molecular weight is 529 g/mol. The van der Waals surface area contributed by atoms with Crippen LogP contribution in [0.5, 0.6) is 0 Å². The van der Waals surface area contributed by atoms with Gasteiger partial charge in [0.05, 0.1) is 0 Å². The summed E-state index contributed by atoms with van der Waals surface area (Å²) >= 11 is 0. The maximum atomic E-state index is 12.7. The average Bonchev–Trinajstić information content (AvgIpc) is 2.83. The largest absolute Gasteiger partial charge is 0.360 e. The molecule has 0 aromatic carbocycles. The van der Waals surface area contributed by atoms with Crippen LogP contribution in [0.4, 0.5) is 0 Å². The maximum absolute atomic E-state index is 12.7. The highest BCUT2D eigenvalue weighted by Gasteiger charge is 2.28. The second kappa shape index (κ2) is 23.0. The first-order valence-electron chi connectivity index (χ1n) is 14.2. The van der Waals surface area contributed by atoms with Crippen LogP contribution in [0.25, 0.3) is 0 Å². The summed E-state index contributed by atoms with van der Waals surface area (Å²) in [5, 5.41) is 5.47. The Morgan fingerprint density at radius 1 is 0.778 bits per heavy atom. The third-order valence-electron chi connectivity index (χ3n) is 6.67. The Bertz CT molecular complexity index is 629. The topological polar surface area (TPSA) is 113 Å². The monoisotopic (exact) mass is 528 g/mol. The molecule has 0 spiro atoms. The van der Waals surface area contributed by atoms with Gasteiger partial charge in [-0.25, -0.2) is 0 Å². The molecule has 0 bridgehead atoms. The molecule has 0 aromatic rings. The van der Waals surface area contributed by atoms with Gasteiger partial charge in [0.25, 0.3) is 0 Å². The Morgan fingerprint density at radius 3 is 1.83 bits per heavy atom. The molecule has 0 saturated carbocycles. The lowest BCUT2D eigenvalue weighted by Gasteiger charge is -2.20. The summed E-state index contributed by atoms with van der Waals surface area (Å²) in [6, 6.07) is -0.684. The van der Waals surface area contributed by atoms with Gasteiger partial charge in [-0.15, -0.1) is 0 Å². The van der Waals surface area contributed by atoms with Crippen molar-refractivity contribution in [2.75, 3.05) is 13.6 Å². The second-order valence-electron chi connectivity index (χ2n) is 10.1. The van der Waals surface area contributed by atoms with Crippen LogP contribution in [0.15, 0.2) is 0 Å². The number of ketones is 1. The van der Waals surface area contributed by atoms with Crippen molar-refractivity contribution in [2.45, 2.75) is 136 Å². The Morgan fingerprint density at radius 2 is 1.33 bits per heavy atom. The van der Waals surface area contributed by atoms with Gasteiger partial charge < -0.3 is 15.5 Å². The molecule has 36 heavy (non-hydrogen) atoms. The highest BCUT2D eigenvalue weighted by Crippen LogP contribution is 2.35. The van der Waals surface area contributed by atoms with Gasteiger partial charge in [-0.1, -0.05) is 97.3 Å². The fourth-order valence-electron chi connectivity index (χ4n) is 4.46.